The number of pyridine rings is 1. The molecule has 0 radical (unpaired) electrons. The van der Waals surface area contributed by atoms with Gasteiger partial charge in [0.05, 0.1) is 0 Å². The number of hydrogen-bond acceptors (Lipinski definition) is 6. The first-order valence-electron chi connectivity index (χ1n) is 10.7. The van der Waals surface area contributed by atoms with Crippen LogP contribution in [0.3, 0.4) is 0 Å². The van der Waals surface area contributed by atoms with E-state index in [0.717, 1.165) is 24.2 Å². The van der Waals surface area contributed by atoms with E-state index in [9.17, 15) is 9.90 Å². The molecular weight excluding hydrogens is 462 g/mol. The summed E-state index contributed by atoms with van der Waals surface area (Å²) in [5, 5.41) is 17.6. The third kappa shape index (κ3) is 6.43. The Labute approximate surface area is 200 Å². The lowest BCUT2D eigenvalue weighted by Crippen LogP contribution is -2.47. The molecule has 2 aromatic rings. The van der Waals surface area contributed by atoms with Gasteiger partial charge in [-0.3, -0.25) is 24.3 Å². The maximum atomic E-state index is 12.1. The zero-order chi connectivity index (χ0) is 24.7. The number of carbonyl (C=O) groups is 1. The van der Waals surface area contributed by atoms with Crippen molar-refractivity contribution in [3.05, 3.63) is 53.9 Å². The van der Waals surface area contributed by atoms with Crippen LogP contribution in [0.2, 0.25) is 0 Å². The second-order valence-electron chi connectivity index (χ2n) is 8.28. The number of anilines is 1. The minimum atomic E-state index is -2.61. The van der Waals surface area contributed by atoms with E-state index in [1.165, 1.54) is 5.56 Å². The number of aliphatic carboxylic acids is 1. The van der Waals surface area contributed by atoms with Gasteiger partial charge in [-0.15, -0.1) is 0 Å². The summed E-state index contributed by atoms with van der Waals surface area (Å²) in [5.74, 6) is -0.0771. The second-order valence-corrected chi connectivity index (χ2v) is 8.75. The number of carboxylic acid groups (broad SMARTS) is 1. The van der Waals surface area contributed by atoms with E-state index >= 15 is 0 Å². The molecule has 11 nitrogen and oxygen atoms in total. The van der Waals surface area contributed by atoms with Crippen LogP contribution in [-0.4, -0.2) is 66.5 Å². The quantitative estimate of drug-likeness (QED) is 0.236. The molecule has 1 aromatic heterocycles. The number of guanidine groups is 1. The standard InChI is InChI=1S/C22H27N5O3.H2O3S/c23-21(24)27-10-5-16-1-2-19(13-17(16)14-27)30-15-22(20(28)29)6-11-26(12-7-22)18-3-8-25-9-4-18;1-4(2)3/h1-4,8-9,13H,5-7,10-12,14-15H2,(H3,23,24)(H,28,29);(H2,1,2,3). The first-order valence-corrected chi connectivity index (χ1v) is 11.8. The van der Waals surface area contributed by atoms with E-state index in [0.29, 0.717) is 38.2 Å². The van der Waals surface area contributed by atoms with Gasteiger partial charge in [0.25, 0.3) is 11.4 Å². The molecular formula is C22H29N5O6S. The first kappa shape index (κ1) is 25.4. The van der Waals surface area contributed by atoms with E-state index in [4.69, 9.17) is 29.2 Å². The van der Waals surface area contributed by atoms with Crippen LogP contribution in [0, 0.1) is 10.8 Å². The Morgan fingerprint density at radius 1 is 1.15 bits per heavy atom. The number of carboxylic acids is 1. The SMILES string of the molecule is N=C(N)N1CCc2ccc(OCC3(C(=O)O)CCN(c4ccncc4)CC3)cc2C1.O=S(O)O. The van der Waals surface area contributed by atoms with Crippen molar-refractivity contribution in [1.29, 1.82) is 5.41 Å². The fourth-order valence-corrected chi connectivity index (χ4v) is 4.22. The van der Waals surface area contributed by atoms with Crippen molar-refractivity contribution in [1.82, 2.24) is 9.88 Å². The Hall–Kier alpha value is -3.22. The van der Waals surface area contributed by atoms with Gasteiger partial charge in [-0.1, -0.05) is 6.07 Å². The molecule has 2 aliphatic rings. The Bertz CT molecular complexity index is 1030. The molecule has 0 aliphatic carbocycles. The van der Waals surface area contributed by atoms with Gasteiger partial charge in [0.2, 0.25) is 0 Å². The molecule has 184 valence electrons. The van der Waals surface area contributed by atoms with Crippen molar-refractivity contribution in [2.24, 2.45) is 11.1 Å². The number of benzene rings is 1. The zero-order valence-electron chi connectivity index (χ0n) is 18.6. The fraction of sp³-hybridized carbons (Fsp3) is 0.409. The third-order valence-electron chi connectivity index (χ3n) is 6.25. The molecule has 1 aromatic carbocycles. The van der Waals surface area contributed by atoms with Crippen LogP contribution in [-0.2, 0) is 29.1 Å². The predicted octanol–water partition coefficient (Wildman–Crippen LogP) is 1.76. The number of aromatic nitrogens is 1. The summed E-state index contributed by atoms with van der Waals surface area (Å²) in [5.41, 5.74) is 8.09. The number of nitrogens with one attached hydrogen (secondary N) is 1. The van der Waals surface area contributed by atoms with E-state index < -0.39 is 22.7 Å². The minimum Gasteiger partial charge on any atom is -0.492 e. The Kier molecular flexibility index (Phi) is 8.42. The number of nitrogens with zero attached hydrogens (tertiary/aromatic N) is 3. The maximum Gasteiger partial charge on any atom is 0.313 e. The number of piperidine rings is 1. The van der Waals surface area contributed by atoms with Crippen molar-refractivity contribution in [3.63, 3.8) is 0 Å². The summed E-state index contributed by atoms with van der Waals surface area (Å²) in [6.45, 7) is 2.78. The average Bonchev–Trinajstić information content (AvgIpc) is 2.82. The summed E-state index contributed by atoms with van der Waals surface area (Å²) < 4.78 is 28.8. The zero-order valence-corrected chi connectivity index (χ0v) is 19.4. The highest BCUT2D eigenvalue weighted by molar-refractivity contribution is 7.73. The summed E-state index contributed by atoms with van der Waals surface area (Å²) >= 11 is -2.61. The summed E-state index contributed by atoms with van der Waals surface area (Å²) in [6, 6.07) is 9.78. The molecule has 34 heavy (non-hydrogen) atoms. The molecule has 1 fully saturated rings. The fourth-order valence-electron chi connectivity index (χ4n) is 4.22. The minimum absolute atomic E-state index is 0.0674. The normalized spacial score (nSPS) is 16.8. The van der Waals surface area contributed by atoms with Gasteiger partial charge in [-0.2, -0.15) is 4.21 Å². The predicted molar refractivity (Wildman–Crippen MR) is 127 cm³/mol. The van der Waals surface area contributed by atoms with Crippen molar-refractivity contribution in [2.45, 2.75) is 25.8 Å². The average molecular weight is 492 g/mol. The third-order valence-corrected chi connectivity index (χ3v) is 6.25. The van der Waals surface area contributed by atoms with Gasteiger partial charge in [0, 0.05) is 44.3 Å². The molecule has 0 atom stereocenters. The number of hydrogen-bond donors (Lipinski definition) is 5. The Morgan fingerprint density at radius 3 is 2.38 bits per heavy atom. The van der Waals surface area contributed by atoms with Crippen LogP contribution in [0.4, 0.5) is 5.69 Å². The molecule has 6 N–H and O–H groups in total. The number of rotatable bonds is 5. The van der Waals surface area contributed by atoms with Crippen LogP contribution in [0.5, 0.6) is 5.75 Å². The lowest BCUT2D eigenvalue weighted by atomic mass is 9.79. The lowest BCUT2D eigenvalue weighted by molar-refractivity contribution is -0.152. The van der Waals surface area contributed by atoms with Crippen LogP contribution in [0.25, 0.3) is 0 Å². The van der Waals surface area contributed by atoms with Crippen molar-refractivity contribution in [2.75, 3.05) is 31.1 Å². The molecule has 0 bridgehead atoms. The van der Waals surface area contributed by atoms with Gasteiger partial charge in [-0.05, 0) is 54.7 Å². The molecule has 2 aliphatic heterocycles. The molecule has 0 spiro atoms. The van der Waals surface area contributed by atoms with Gasteiger partial charge in [0.1, 0.15) is 17.8 Å². The van der Waals surface area contributed by atoms with Gasteiger partial charge >= 0.3 is 5.97 Å². The smallest absolute Gasteiger partial charge is 0.313 e. The number of ether oxygens (including phenoxy) is 1. The van der Waals surface area contributed by atoms with E-state index in [2.05, 4.69) is 9.88 Å². The van der Waals surface area contributed by atoms with Gasteiger partial charge in [0.15, 0.2) is 5.96 Å². The largest absolute Gasteiger partial charge is 0.492 e. The van der Waals surface area contributed by atoms with Crippen LogP contribution in [0.1, 0.15) is 24.0 Å². The lowest BCUT2D eigenvalue weighted by Gasteiger charge is -2.39. The Morgan fingerprint density at radius 2 is 1.79 bits per heavy atom. The second kappa shape index (κ2) is 11.3. The first-order chi connectivity index (χ1) is 16.2. The molecule has 0 saturated carbocycles. The van der Waals surface area contributed by atoms with Crippen molar-refractivity contribution in [3.8, 4) is 5.75 Å². The highest BCUT2D eigenvalue weighted by atomic mass is 32.2. The summed E-state index contributed by atoms with van der Waals surface area (Å²) in [7, 11) is 0. The monoisotopic (exact) mass is 491 g/mol. The summed E-state index contributed by atoms with van der Waals surface area (Å²) in [4.78, 5) is 20.2. The highest BCUT2D eigenvalue weighted by Crippen LogP contribution is 2.35. The van der Waals surface area contributed by atoms with Crippen LogP contribution in [0.15, 0.2) is 42.7 Å². The van der Waals surface area contributed by atoms with Crippen LogP contribution >= 0.6 is 0 Å². The molecule has 0 unspecified atom stereocenters. The van der Waals surface area contributed by atoms with E-state index in [1.807, 2.05) is 35.2 Å². The van der Waals surface area contributed by atoms with Crippen LogP contribution < -0.4 is 15.4 Å². The topological polar surface area (TPSA) is 173 Å². The molecule has 0 amide bonds. The number of fused-ring (bicyclic) bond motifs is 1. The van der Waals surface area contributed by atoms with Crippen molar-refractivity contribution >= 4 is 29.0 Å². The van der Waals surface area contributed by atoms with Gasteiger partial charge < -0.3 is 25.4 Å². The van der Waals surface area contributed by atoms with Gasteiger partial charge in [-0.25, -0.2) is 0 Å². The Balaban J connectivity index is 0.000000751. The molecule has 3 heterocycles. The van der Waals surface area contributed by atoms with E-state index in [-0.39, 0.29) is 12.6 Å². The number of nitrogens with two attached hydrogens (primary N) is 1. The highest BCUT2D eigenvalue weighted by Gasteiger charge is 2.42. The molecule has 4 rings (SSSR count). The van der Waals surface area contributed by atoms with E-state index in [1.54, 1.807) is 12.4 Å². The summed E-state index contributed by atoms with van der Waals surface area (Å²) in [6.07, 6.45) is 5.38. The maximum absolute atomic E-state index is 12.1. The molecule has 12 heteroatoms. The van der Waals surface area contributed by atoms with Crippen molar-refractivity contribution < 1.29 is 28.0 Å². The molecule has 1 saturated heterocycles.